The van der Waals surface area contributed by atoms with Crippen molar-refractivity contribution in [3.63, 3.8) is 0 Å². The minimum atomic E-state index is 0.460. The molecule has 1 aromatic heterocycles. The van der Waals surface area contributed by atoms with E-state index in [2.05, 4.69) is 38.0 Å². The van der Waals surface area contributed by atoms with E-state index in [9.17, 15) is 0 Å². The smallest absolute Gasteiger partial charge is 0.115 e. The summed E-state index contributed by atoms with van der Waals surface area (Å²) >= 11 is 0. The van der Waals surface area contributed by atoms with Crippen LogP contribution in [0.5, 0.6) is 0 Å². The zero-order chi connectivity index (χ0) is 14.5. The van der Waals surface area contributed by atoms with Gasteiger partial charge in [-0.1, -0.05) is 27.2 Å². The summed E-state index contributed by atoms with van der Waals surface area (Å²) in [6.07, 6.45) is 7.96. The molecule has 0 saturated carbocycles. The van der Waals surface area contributed by atoms with E-state index in [1.54, 1.807) is 6.33 Å². The first-order valence-electron chi connectivity index (χ1n) is 8.21. The van der Waals surface area contributed by atoms with Crippen LogP contribution in [-0.2, 0) is 12.8 Å². The van der Waals surface area contributed by atoms with Crippen LogP contribution < -0.4 is 5.32 Å². The van der Waals surface area contributed by atoms with E-state index in [4.69, 9.17) is 4.98 Å². The molecule has 0 aliphatic heterocycles. The van der Waals surface area contributed by atoms with Crippen LogP contribution in [0.25, 0.3) is 0 Å². The standard InChI is InChI=1S/C17H29N3/c1-5-18-13(4)16(12(2)3)17-14-9-7-6-8-10-15(14)19-11-20-17/h11-13,16,18H,5-10H2,1-4H3. The van der Waals surface area contributed by atoms with Gasteiger partial charge in [-0.25, -0.2) is 9.97 Å². The zero-order valence-corrected chi connectivity index (χ0v) is 13.4. The van der Waals surface area contributed by atoms with E-state index in [1.807, 2.05) is 0 Å². The number of hydrogen-bond donors (Lipinski definition) is 1. The number of aryl methyl sites for hydroxylation is 1. The molecule has 2 unspecified atom stereocenters. The highest BCUT2D eigenvalue weighted by Crippen LogP contribution is 2.32. The lowest BCUT2D eigenvalue weighted by atomic mass is 9.83. The monoisotopic (exact) mass is 275 g/mol. The van der Waals surface area contributed by atoms with Crippen molar-refractivity contribution in [1.82, 2.24) is 15.3 Å². The van der Waals surface area contributed by atoms with Gasteiger partial charge in [0.15, 0.2) is 0 Å². The quantitative estimate of drug-likeness (QED) is 0.836. The molecule has 2 rings (SSSR count). The number of rotatable bonds is 5. The van der Waals surface area contributed by atoms with Crippen molar-refractivity contribution in [1.29, 1.82) is 0 Å². The summed E-state index contributed by atoms with van der Waals surface area (Å²) in [6, 6.07) is 0.460. The van der Waals surface area contributed by atoms with Crippen molar-refractivity contribution >= 4 is 0 Å². The van der Waals surface area contributed by atoms with Crippen LogP contribution >= 0.6 is 0 Å². The number of aromatic nitrogens is 2. The molecule has 0 bridgehead atoms. The molecule has 2 atom stereocenters. The van der Waals surface area contributed by atoms with Gasteiger partial charge in [-0.3, -0.25) is 0 Å². The molecule has 1 heterocycles. The third-order valence-electron chi connectivity index (χ3n) is 4.51. The molecular formula is C17H29N3. The van der Waals surface area contributed by atoms with Crippen molar-refractivity contribution in [2.75, 3.05) is 6.54 Å². The van der Waals surface area contributed by atoms with Crippen LogP contribution in [0.3, 0.4) is 0 Å². The molecule has 3 nitrogen and oxygen atoms in total. The van der Waals surface area contributed by atoms with Crippen LogP contribution in [0.4, 0.5) is 0 Å². The number of hydrogen-bond acceptors (Lipinski definition) is 3. The van der Waals surface area contributed by atoms with Gasteiger partial charge >= 0.3 is 0 Å². The molecule has 1 aromatic rings. The van der Waals surface area contributed by atoms with Gasteiger partial charge < -0.3 is 5.32 Å². The summed E-state index contributed by atoms with van der Waals surface area (Å²) in [5.41, 5.74) is 4.07. The van der Waals surface area contributed by atoms with Gasteiger partial charge in [-0.15, -0.1) is 0 Å². The fourth-order valence-corrected chi connectivity index (χ4v) is 3.59. The summed E-state index contributed by atoms with van der Waals surface area (Å²) in [5, 5.41) is 3.59. The fourth-order valence-electron chi connectivity index (χ4n) is 3.59. The molecule has 0 aromatic carbocycles. The predicted molar refractivity (Wildman–Crippen MR) is 84.0 cm³/mol. The van der Waals surface area contributed by atoms with Gasteiger partial charge in [0.1, 0.15) is 6.33 Å². The highest BCUT2D eigenvalue weighted by Gasteiger charge is 2.27. The maximum absolute atomic E-state index is 4.71. The maximum atomic E-state index is 4.71. The molecule has 1 N–H and O–H groups in total. The maximum Gasteiger partial charge on any atom is 0.115 e. The number of likely N-dealkylation sites (N-methyl/N-ethyl adjacent to an activating group) is 1. The third-order valence-corrected chi connectivity index (χ3v) is 4.51. The van der Waals surface area contributed by atoms with Crippen molar-refractivity contribution in [3.8, 4) is 0 Å². The Bertz CT molecular complexity index is 428. The molecular weight excluding hydrogens is 246 g/mol. The molecule has 112 valence electrons. The van der Waals surface area contributed by atoms with E-state index in [1.165, 1.54) is 36.2 Å². The largest absolute Gasteiger partial charge is 0.314 e. The van der Waals surface area contributed by atoms with Crippen LogP contribution in [0.2, 0.25) is 0 Å². The van der Waals surface area contributed by atoms with Gasteiger partial charge in [0, 0.05) is 17.7 Å². The van der Waals surface area contributed by atoms with Crippen molar-refractivity contribution in [3.05, 3.63) is 23.3 Å². The Morgan fingerprint density at radius 2 is 1.85 bits per heavy atom. The lowest BCUT2D eigenvalue weighted by Gasteiger charge is -2.29. The topological polar surface area (TPSA) is 37.8 Å². The minimum absolute atomic E-state index is 0.460. The first-order valence-corrected chi connectivity index (χ1v) is 8.21. The predicted octanol–water partition coefficient (Wildman–Crippen LogP) is 3.48. The fraction of sp³-hybridized carbons (Fsp3) is 0.765. The summed E-state index contributed by atoms with van der Waals surface area (Å²) in [5.74, 6) is 1.07. The molecule has 0 amide bonds. The highest BCUT2D eigenvalue weighted by molar-refractivity contribution is 5.30. The van der Waals surface area contributed by atoms with Gasteiger partial charge in [0.05, 0.1) is 5.69 Å². The van der Waals surface area contributed by atoms with Gasteiger partial charge in [-0.2, -0.15) is 0 Å². The first kappa shape index (κ1) is 15.4. The molecule has 1 aliphatic carbocycles. The van der Waals surface area contributed by atoms with E-state index in [0.29, 0.717) is 17.9 Å². The van der Waals surface area contributed by atoms with Crippen molar-refractivity contribution < 1.29 is 0 Å². The van der Waals surface area contributed by atoms with E-state index in [-0.39, 0.29) is 0 Å². The molecule has 20 heavy (non-hydrogen) atoms. The van der Waals surface area contributed by atoms with Crippen LogP contribution in [0, 0.1) is 5.92 Å². The normalized spacial score (nSPS) is 18.4. The van der Waals surface area contributed by atoms with Crippen LogP contribution in [0.1, 0.15) is 69.8 Å². The lowest BCUT2D eigenvalue weighted by Crippen LogP contribution is -2.35. The lowest BCUT2D eigenvalue weighted by molar-refractivity contribution is 0.373. The Morgan fingerprint density at radius 1 is 1.10 bits per heavy atom. The van der Waals surface area contributed by atoms with Gasteiger partial charge in [0.2, 0.25) is 0 Å². The third kappa shape index (κ3) is 3.38. The van der Waals surface area contributed by atoms with Gasteiger partial charge in [-0.05, 0) is 50.6 Å². The Balaban J connectivity index is 2.38. The molecule has 1 aliphatic rings. The summed E-state index contributed by atoms with van der Waals surface area (Å²) in [4.78, 5) is 9.26. The van der Waals surface area contributed by atoms with E-state index >= 15 is 0 Å². The molecule has 0 saturated heterocycles. The minimum Gasteiger partial charge on any atom is -0.314 e. The summed E-state index contributed by atoms with van der Waals surface area (Å²) < 4.78 is 0. The number of nitrogens with zero attached hydrogens (tertiary/aromatic N) is 2. The first-order chi connectivity index (χ1) is 9.65. The average Bonchev–Trinajstić information content (AvgIpc) is 2.64. The Kier molecular flexibility index (Phi) is 5.53. The second kappa shape index (κ2) is 7.16. The molecule has 0 radical (unpaired) electrons. The van der Waals surface area contributed by atoms with Crippen molar-refractivity contribution in [2.24, 2.45) is 5.92 Å². The second-order valence-corrected chi connectivity index (χ2v) is 6.36. The van der Waals surface area contributed by atoms with Crippen molar-refractivity contribution in [2.45, 2.75) is 71.8 Å². The average molecular weight is 275 g/mol. The van der Waals surface area contributed by atoms with Gasteiger partial charge in [0.25, 0.3) is 0 Å². The van der Waals surface area contributed by atoms with E-state index in [0.717, 1.165) is 19.4 Å². The van der Waals surface area contributed by atoms with Crippen LogP contribution in [-0.4, -0.2) is 22.6 Å². The second-order valence-electron chi connectivity index (χ2n) is 6.36. The zero-order valence-electron chi connectivity index (χ0n) is 13.4. The molecule has 0 spiro atoms. The van der Waals surface area contributed by atoms with Crippen LogP contribution in [0.15, 0.2) is 6.33 Å². The number of fused-ring (bicyclic) bond motifs is 1. The Morgan fingerprint density at radius 3 is 2.55 bits per heavy atom. The molecule has 0 fully saturated rings. The SMILES string of the molecule is CCNC(C)C(c1ncnc2c1CCCCC2)C(C)C. The van der Waals surface area contributed by atoms with E-state index < -0.39 is 0 Å². The number of nitrogens with one attached hydrogen (secondary N) is 1. The Labute approximate surface area is 123 Å². The highest BCUT2D eigenvalue weighted by atomic mass is 14.9. The summed E-state index contributed by atoms with van der Waals surface area (Å²) in [6.45, 7) is 10.1. The molecule has 3 heteroatoms. The summed E-state index contributed by atoms with van der Waals surface area (Å²) in [7, 11) is 0. The Hall–Kier alpha value is -0.960.